The molecule has 2 aromatic heterocycles. The minimum atomic E-state index is -0.520. The molecular formula is C23H21N7O2. The Morgan fingerprint density at radius 2 is 1.62 bits per heavy atom. The molecule has 32 heavy (non-hydrogen) atoms. The van der Waals surface area contributed by atoms with Crippen LogP contribution in [0.1, 0.15) is 20.7 Å². The molecule has 5 rings (SSSR count). The molecule has 1 saturated heterocycles. The third kappa shape index (κ3) is 3.64. The lowest BCUT2D eigenvalue weighted by Crippen LogP contribution is -2.49. The van der Waals surface area contributed by atoms with Crippen LogP contribution in [0.15, 0.2) is 60.9 Å². The SMILES string of the molecule is NC(=O)c1cccc2[nH]c(-c3ccc(C(=O)N4CCN(c5ncccn5)CC4)cc3)nc12. The van der Waals surface area contributed by atoms with Gasteiger partial charge in [0.15, 0.2) is 0 Å². The molecular weight excluding hydrogens is 406 g/mol. The third-order valence-corrected chi connectivity index (χ3v) is 5.59. The fourth-order valence-corrected chi connectivity index (χ4v) is 3.89. The summed E-state index contributed by atoms with van der Waals surface area (Å²) < 4.78 is 0. The summed E-state index contributed by atoms with van der Waals surface area (Å²) in [4.78, 5) is 44.8. The quantitative estimate of drug-likeness (QED) is 0.514. The van der Waals surface area contributed by atoms with Crippen molar-refractivity contribution in [2.45, 2.75) is 0 Å². The molecule has 4 aromatic rings. The zero-order valence-electron chi connectivity index (χ0n) is 17.2. The fourth-order valence-electron chi connectivity index (χ4n) is 3.89. The summed E-state index contributed by atoms with van der Waals surface area (Å²) in [5, 5.41) is 0. The van der Waals surface area contributed by atoms with Crippen LogP contribution in [0.4, 0.5) is 5.95 Å². The first-order chi connectivity index (χ1) is 15.6. The number of nitrogens with zero attached hydrogens (tertiary/aromatic N) is 5. The topological polar surface area (TPSA) is 121 Å². The molecule has 160 valence electrons. The van der Waals surface area contributed by atoms with E-state index in [2.05, 4.69) is 24.8 Å². The summed E-state index contributed by atoms with van der Waals surface area (Å²) >= 11 is 0. The number of para-hydroxylation sites is 1. The number of rotatable bonds is 4. The second kappa shape index (κ2) is 8.10. The van der Waals surface area contributed by atoms with E-state index in [4.69, 9.17) is 5.73 Å². The number of aromatic nitrogens is 4. The highest BCUT2D eigenvalue weighted by atomic mass is 16.2. The van der Waals surface area contributed by atoms with Gasteiger partial charge in [-0.15, -0.1) is 0 Å². The highest BCUT2D eigenvalue weighted by Crippen LogP contribution is 2.23. The van der Waals surface area contributed by atoms with Crippen LogP contribution in [-0.2, 0) is 0 Å². The van der Waals surface area contributed by atoms with Crippen molar-refractivity contribution in [2.75, 3.05) is 31.1 Å². The first-order valence-electron chi connectivity index (χ1n) is 10.3. The zero-order chi connectivity index (χ0) is 22.1. The first-order valence-corrected chi connectivity index (χ1v) is 10.3. The Kier molecular flexibility index (Phi) is 4.98. The first kappa shape index (κ1) is 19.7. The van der Waals surface area contributed by atoms with Gasteiger partial charge in [0.1, 0.15) is 11.3 Å². The normalized spacial score (nSPS) is 14.0. The number of aromatic amines is 1. The van der Waals surface area contributed by atoms with Crippen molar-refractivity contribution in [3.05, 3.63) is 72.1 Å². The van der Waals surface area contributed by atoms with Crippen molar-refractivity contribution < 1.29 is 9.59 Å². The average molecular weight is 427 g/mol. The lowest BCUT2D eigenvalue weighted by atomic mass is 10.1. The number of hydrogen-bond acceptors (Lipinski definition) is 6. The second-order valence-electron chi connectivity index (χ2n) is 7.56. The van der Waals surface area contributed by atoms with Gasteiger partial charge in [-0.1, -0.05) is 18.2 Å². The number of imidazole rings is 1. The highest BCUT2D eigenvalue weighted by molar-refractivity contribution is 6.04. The number of hydrogen-bond donors (Lipinski definition) is 2. The molecule has 1 aliphatic rings. The van der Waals surface area contributed by atoms with Crippen LogP contribution in [-0.4, -0.2) is 62.8 Å². The van der Waals surface area contributed by atoms with Gasteiger partial charge in [0.25, 0.3) is 11.8 Å². The maximum atomic E-state index is 13.0. The van der Waals surface area contributed by atoms with E-state index < -0.39 is 5.91 Å². The van der Waals surface area contributed by atoms with Crippen molar-refractivity contribution in [3.63, 3.8) is 0 Å². The number of carbonyl (C=O) groups excluding carboxylic acids is 2. The molecule has 1 fully saturated rings. The summed E-state index contributed by atoms with van der Waals surface area (Å²) in [5.41, 5.74) is 8.53. The van der Waals surface area contributed by atoms with Gasteiger partial charge in [0, 0.05) is 49.7 Å². The van der Waals surface area contributed by atoms with E-state index in [9.17, 15) is 9.59 Å². The number of fused-ring (bicyclic) bond motifs is 1. The van der Waals surface area contributed by atoms with Crippen LogP contribution in [0.25, 0.3) is 22.4 Å². The van der Waals surface area contributed by atoms with Crippen molar-refractivity contribution in [2.24, 2.45) is 5.73 Å². The molecule has 0 atom stereocenters. The van der Waals surface area contributed by atoms with Gasteiger partial charge in [-0.3, -0.25) is 9.59 Å². The molecule has 2 aromatic carbocycles. The average Bonchev–Trinajstić information content (AvgIpc) is 3.29. The smallest absolute Gasteiger partial charge is 0.253 e. The monoisotopic (exact) mass is 427 g/mol. The molecule has 3 heterocycles. The Morgan fingerprint density at radius 3 is 2.31 bits per heavy atom. The van der Waals surface area contributed by atoms with Crippen LogP contribution in [0.2, 0.25) is 0 Å². The molecule has 0 radical (unpaired) electrons. The number of amides is 2. The number of nitrogens with one attached hydrogen (secondary N) is 1. The molecule has 0 bridgehead atoms. The predicted molar refractivity (Wildman–Crippen MR) is 120 cm³/mol. The van der Waals surface area contributed by atoms with Crippen LogP contribution >= 0.6 is 0 Å². The van der Waals surface area contributed by atoms with Crippen LogP contribution in [0, 0.1) is 0 Å². The number of anilines is 1. The summed E-state index contributed by atoms with van der Waals surface area (Å²) in [6.45, 7) is 2.60. The van der Waals surface area contributed by atoms with E-state index in [0.717, 1.165) is 11.1 Å². The maximum absolute atomic E-state index is 13.0. The Hall–Kier alpha value is -4.27. The predicted octanol–water partition coefficient (Wildman–Crippen LogP) is 2.08. The van der Waals surface area contributed by atoms with E-state index >= 15 is 0 Å². The third-order valence-electron chi connectivity index (χ3n) is 5.59. The van der Waals surface area contributed by atoms with E-state index in [-0.39, 0.29) is 5.91 Å². The van der Waals surface area contributed by atoms with Crippen molar-refractivity contribution in [3.8, 4) is 11.4 Å². The number of primary amides is 1. The molecule has 9 nitrogen and oxygen atoms in total. The minimum Gasteiger partial charge on any atom is -0.366 e. The van der Waals surface area contributed by atoms with Crippen molar-refractivity contribution >= 4 is 28.8 Å². The molecule has 0 spiro atoms. The van der Waals surface area contributed by atoms with Gasteiger partial charge >= 0.3 is 0 Å². The zero-order valence-corrected chi connectivity index (χ0v) is 17.2. The number of carbonyl (C=O) groups is 2. The summed E-state index contributed by atoms with van der Waals surface area (Å²) in [5.74, 6) is 0.776. The lowest BCUT2D eigenvalue weighted by molar-refractivity contribution is 0.0746. The standard InChI is InChI=1S/C23H21N7O2/c24-20(31)17-3-1-4-18-19(17)28-21(27-18)15-5-7-16(8-6-15)22(32)29-11-13-30(14-12-29)23-25-9-2-10-26-23/h1-10H,11-14H2,(H2,24,31)(H,27,28). The second-order valence-corrected chi connectivity index (χ2v) is 7.56. The van der Waals surface area contributed by atoms with Gasteiger partial charge in [0.2, 0.25) is 5.95 Å². The number of benzene rings is 2. The number of nitrogens with two attached hydrogens (primary N) is 1. The van der Waals surface area contributed by atoms with Crippen LogP contribution < -0.4 is 10.6 Å². The van der Waals surface area contributed by atoms with E-state index in [1.807, 2.05) is 23.1 Å². The van der Waals surface area contributed by atoms with Gasteiger partial charge < -0.3 is 20.5 Å². The molecule has 9 heteroatoms. The van der Waals surface area contributed by atoms with Gasteiger partial charge in [-0.25, -0.2) is 15.0 Å². The van der Waals surface area contributed by atoms with Gasteiger partial charge in [-0.05, 0) is 30.3 Å². The van der Waals surface area contributed by atoms with E-state index in [1.165, 1.54) is 0 Å². The van der Waals surface area contributed by atoms with Gasteiger partial charge in [0.05, 0.1) is 11.1 Å². The Morgan fingerprint density at radius 1 is 0.906 bits per heavy atom. The van der Waals surface area contributed by atoms with E-state index in [1.54, 1.807) is 42.7 Å². The fraction of sp³-hybridized carbons (Fsp3) is 0.174. The lowest BCUT2D eigenvalue weighted by Gasteiger charge is -2.34. The molecule has 1 aliphatic heterocycles. The molecule has 0 aliphatic carbocycles. The Bertz CT molecular complexity index is 1280. The molecule has 0 unspecified atom stereocenters. The summed E-state index contributed by atoms with van der Waals surface area (Å²) in [6, 6.07) is 14.3. The highest BCUT2D eigenvalue weighted by Gasteiger charge is 2.23. The summed E-state index contributed by atoms with van der Waals surface area (Å²) in [6.07, 6.45) is 3.44. The Balaban J connectivity index is 1.30. The van der Waals surface area contributed by atoms with Crippen LogP contribution in [0.3, 0.4) is 0 Å². The van der Waals surface area contributed by atoms with Gasteiger partial charge in [-0.2, -0.15) is 0 Å². The Labute approximate surface area is 183 Å². The largest absolute Gasteiger partial charge is 0.366 e. The minimum absolute atomic E-state index is 0.00852. The van der Waals surface area contributed by atoms with Crippen molar-refractivity contribution in [1.29, 1.82) is 0 Å². The van der Waals surface area contributed by atoms with Crippen LogP contribution in [0.5, 0.6) is 0 Å². The van der Waals surface area contributed by atoms with Crippen molar-refractivity contribution in [1.82, 2.24) is 24.8 Å². The molecule has 2 amide bonds. The molecule has 0 saturated carbocycles. The number of piperazine rings is 1. The molecule has 3 N–H and O–H groups in total. The summed E-state index contributed by atoms with van der Waals surface area (Å²) in [7, 11) is 0. The maximum Gasteiger partial charge on any atom is 0.253 e. The number of H-pyrrole nitrogens is 1. The van der Waals surface area contributed by atoms with E-state index in [0.29, 0.717) is 54.6 Å².